The van der Waals surface area contributed by atoms with Gasteiger partial charge in [-0.05, 0) is 50.0 Å². The molecule has 1 rings (SSSR count). The lowest BCUT2D eigenvalue weighted by atomic mass is 9.88. The van der Waals surface area contributed by atoms with Gasteiger partial charge in [0.1, 0.15) is 12.0 Å². The molecule has 1 heterocycles. The van der Waals surface area contributed by atoms with Crippen LogP contribution in [0.15, 0.2) is 76.0 Å². The van der Waals surface area contributed by atoms with Gasteiger partial charge in [-0.3, -0.25) is 0 Å². The highest BCUT2D eigenvalue weighted by Crippen LogP contribution is 2.21. The Morgan fingerprint density at radius 3 is 2.26 bits per heavy atom. The van der Waals surface area contributed by atoms with Gasteiger partial charge in [0.15, 0.2) is 5.89 Å². The zero-order valence-electron chi connectivity index (χ0n) is 23.2. The number of carboxylic acids is 1. The molecule has 210 valence electrons. The van der Waals surface area contributed by atoms with Crippen molar-refractivity contribution in [3.8, 4) is 0 Å². The molecular formula is C30H43NO7. The maximum absolute atomic E-state index is 10.7. The van der Waals surface area contributed by atoms with Gasteiger partial charge in [-0.1, -0.05) is 56.4 Å². The minimum absolute atomic E-state index is 0.0641. The van der Waals surface area contributed by atoms with E-state index >= 15 is 0 Å². The molecule has 0 aliphatic rings. The largest absolute Gasteiger partial charge is 0.478 e. The van der Waals surface area contributed by atoms with Gasteiger partial charge in [-0.25, -0.2) is 9.78 Å². The Labute approximate surface area is 225 Å². The number of aliphatic hydroxyl groups excluding tert-OH is 4. The van der Waals surface area contributed by atoms with E-state index in [0.29, 0.717) is 17.0 Å². The first kappa shape index (κ1) is 33.0. The van der Waals surface area contributed by atoms with E-state index in [9.17, 15) is 25.2 Å². The van der Waals surface area contributed by atoms with Crippen LogP contribution in [0.3, 0.4) is 0 Å². The van der Waals surface area contributed by atoms with Crippen molar-refractivity contribution in [2.45, 2.75) is 78.8 Å². The number of hydrogen-bond acceptors (Lipinski definition) is 7. The molecule has 5 N–H and O–H groups in total. The third kappa shape index (κ3) is 12.5. The molecule has 6 unspecified atom stereocenters. The summed E-state index contributed by atoms with van der Waals surface area (Å²) < 4.78 is 5.19. The van der Waals surface area contributed by atoms with Gasteiger partial charge >= 0.3 is 5.97 Å². The molecule has 1 aromatic heterocycles. The molecule has 0 fully saturated rings. The molecule has 0 bridgehead atoms. The monoisotopic (exact) mass is 529 g/mol. The second-order valence-corrected chi connectivity index (χ2v) is 9.77. The number of rotatable bonds is 15. The Morgan fingerprint density at radius 1 is 1.00 bits per heavy atom. The fraction of sp³-hybridized carbons (Fsp3) is 0.467. The summed E-state index contributed by atoms with van der Waals surface area (Å²) in [5.74, 6) is -1.18. The molecule has 6 atom stereocenters. The van der Waals surface area contributed by atoms with Gasteiger partial charge in [0.25, 0.3) is 0 Å². The highest BCUT2D eigenvalue weighted by molar-refractivity contribution is 5.79. The van der Waals surface area contributed by atoms with Crippen molar-refractivity contribution in [1.29, 1.82) is 0 Å². The maximum atomic E-state index is 10.7. The van der Waals surface area contributed by atoms with Crippen LogP contribution in [0.5, 0.6) is 0 Å². The van der Waals surface area contributed by atoms with Crippen LogP contribution in [0.1, 0.15) is 59.0 Å². The van der Waals surface area contributed by atoms with Gasteiger partial charge < -0.3 is 29.9 Å². The first-order valence-electron chi connectivity index (χ1n) is 12.7. The second-order valence-electron chi connectivity index (χ2n) is 9.77. The predicted octanol–water partition coefficient (Wildman–Crippen LogP) is 4.53. The first-order valence-corrected chi connectivity index (χ1v) is 12.7. The molecule has 0 saturated carbocycles. The number of aliphatic hydroxyl groups is 4. The fourth-order valence-corrected chi connectivity index (χ4v) is 3.58. The van der Waals surface area contributed by atoms with Crippen LogP contribution in [-0.2, 0) is 4.79 Å². The summed E-state index contributed by atoms with van der Waals surface area (Å²) in [6, 6.07) is 0. The quantitative estimate of drug-likeness (QED) is 0.165. The van der Waals surface area contributed by atoms with Gasteiger partial charge in [-0.15, -0.1) is 0 Å². The van der Waals surface area contributed by atoms with Crippen LogP contribution in [0.4, 0.5) is 0 Å². The summed E-state index contributed by atoms with van der Waals surface area (Å²) >= 11 is 0. The second kappa shape index (κ2) is 16.7. The lowest BCUT2D eigenvalue weighted by Crippen LogP contribution is -2.33. The SMILES string of the molecule is CC(C=CC=C(C)C(O)C(C)C(O)CC(O)C(C)=CC=CC(C)C(O)CC=CC(=O)O)=Cc1coc(C)n1. The number of hydrogen-bond donors (Lipinski definition) is 5. The highest BCUT2D eigenvalue weighted by Gasteiger charge is 2.26. The van der Waals surface area contributed by atoms with E-state index in [-0.39, 0.29) is 18.8 Å². The number of nitrogens with zero attached hydrogens (tertiary/aromatic N) is 1. The van der Waals surface area contributed by atoms with E-state index < -0.39 is 36.3 Å². The average molecular weight is 530 g/mol. The van der Waals surface area contributed by atoms with Crippen molar-refractivity contribution in [3.63, 3.8) is 0 Å². The molecular weight excluding hydrogens is 486 g/mol. The van der Waals surface area contributed by atoms with Crippen LogP contribution in [0.25, 0.3) is 6.08 Å². The lowest BCUT2D eigenvalue weighted by molar-refractivity contribution is -0.131. The third-order valence-electron chi connectivity index (χ3n) is 6.31. The topological polar surface area (TPSA) is 144 Å². The van der Waals surface area contributed by atoms with Gasteiger partial charge in [0, 0.05) is 31.3 Å². The van der Waals surface area contributed by atoms with E-state index in [1.807, 2.05) is 32.1 Å². The summed E-state index contributed by atoms with van der Waals surface area (Å²) in [6.07, 6.45) is 13.4. The molecule has 1 aromatic rings. The average Bonchev–Trinajstić information content (AvgIpc) is 3.26. The zero-order valence-corrected chi connectivity index (χ0v) is 23.2. The van der Waals surface area contributed by atoms with Gasteiger partial charge in [0.05, 0.1) is 24.4 Å². The Morgan fingerprint density at radius 2 is 1.66 bits per heavy atom. The predicted molar refractivity (Wildman–Crippen MR) is 149 cm³/mol. The van der Waals surface area contributed by atoms with Crippen LogP contribution in [-0.4, -0.2) is 60.9 Å². The molecule has 0 aliphatic carbocycles. The Kier molecular flexibility index (Phi) is 14.5. The minimum atomic E-state index is -1.06. The summed E-state index contributed by atoms with van der Waals surface area (Å²) in [5, 5.41) is 50.5. The van der Waals surface area contributed by atoms with Crippen LogP contribution < -0.4 is 0 Å². The number of aryl methyl sites for hydroxylation is 1. The van der Waals surface area contributed by atoms with E-state index in [0.717, 1.165) is 17.3 Å². The van der Waals surface area contributed by atoms with E-state index in [2.05, 4.69) is 4.98 Å². The zero-order chi connectivity index (χ0) is 28.8. The van der Waals surface area contributed by atoms with Gasteiger partial charge in [0.2, 0.25) is 0 Å². The smallest absolute Gasteiger partial charge is 0.327 e. The highest BCUT2D eigenvalue weighted by atomic mass is 16.4. The maximum Gasteiger partial charge on any atom is 0.327 e. The minimum Gasteiger partial charge on any atom is -0.478 e. The van der Waals surface area contributed by atoms with Crippen molar-refractivity contribution in [2.24, 2.45) is 11.8 Å². The van der Waals surface area contributed by atoms with Gasteiger partial charge in [-0.2, -0.15) is 0 Å². The number of carboxylic acid groups (broad SMARTS) is 1. The van der Waals surface area contributed by atoms with Crippen molar-refractivity contribution in [3.05, 3.63) is 83.2 Å². The number of allylic oxidation sites excluding steroid dienone is 6. The molecule has 0 spiro atoms. The summed E-state index contributed by atoms with van der Waals surface area (Å²) in [7, 11) is 0. The first-order chi connectivity index (χ1) is 17.8. The van der Waals surface area contributed by atoms with Crippen LogP contribution >= 0.6 is 0 Å². The third-order valence-corrected chi connectivity index (χ3v) is 6.31. The number of aromatic nitrogens is 1. The van der Waals surface area contributed by atoms with E-state index in [1.165, 1.54) is 6.08 Å². The number of aliphatic carboxylic acids is 1. The molecule has 8 heteroatoms. The standard InChI is InChI=1S/C30H43NO7/c1-19(16-25-18-38-24(6)31-25)10-7-13-22(4)30(37)23(5)28(34)17-27(33)21(3)12-8-11-20(2)26(32)14-9-15-29(35)36/h7-13,15-16,18,20,23,26-28,30,32-34,37H,14,17H2,1-6H3,(H,35,36). The Bertz CT molecular complexity index is 1060. The number of oxazole rings is 1. The molecule has 0 aliphatic heterocycles. The molecule has 0 radical (unpaired) electrons. The molecule has 38 heavy (non-hydrogen) atoms. The molecule has 0 aromatic carbocycles. The van der Waals surface area contributed by atoms with Crippen molar-refractivity contribution in [1.82, 2.24) is 4.98 Å². The van der Waals surface area contributed by atoms with Crippen molar-refractivity contribution < 1.29 is 34.7 Å². The van der Waals surface area contributed by atoms with Crippen LogP contribution in [0, 0.1) is 18.8 Å². The van der Waals surface area contributed by atoms with Crippen molar-refractivity contribution >= 4 is 12.0 Å². The van der Waals surface area contributed by atoms with Crippen molar-refractivity contribution in [2.75, 3.05) is 0 Å². The number of carbonyl (C=O) groups is 1. The molecule has 0 amide bonds. The molecule has 8 nitrogen and oxygen atoms in total. The lowest BCUT2D eigenvalue weighted by Gasteiger charge is -2.26. The summed E-state index contributed by atoms with van der Waals surface area (Å²) in [6.45, 7) is 10.8. The summed E-state index contributed by atoms with van der Waals surface area (Å²) in [5.41, 5.74) is 3.02. The molecule has 0 saturated heterocycles. The van der Waals surface area contributed by atoms with Crippen LogP contribution in [0.2, 0.25) is 0 Å². The normalized spacial score (nSPS) is 18.7. The Hall–Kier alpha value is -3.04. The fourth-order valence-electron chi connectivity index (χ4n) is 3.58. The summed E-state index contributed by atoms with van der Waals surface area (Å²) in [4.78, 5) is 14.7. The van der Waals surface area contributed by atoms with E-state index in [1.54, 1.807) is 58.3 Å². The Balaban J connectivity index is 2.63. The van der Waals surface area contributed by atoms with E-state index in [4.69, 9.17) is 9.52 Å².